The molecule has 1 aliphatic heterocycles. The molecule has 0 unspecified atom stereocenters. The minimum atomic E-state index is -0.0604. The van der Waals surface area contributed by atoms with Crippen molar-refractivity contribution < 1.29 is 9.53 Å². The summed E-state index contributed by atoms with van der Waals surface area (Å²) >= 11 is 0. The van der Waals surface area contributed by atoms with Crippen LogP contribution < -0.4 is 5.32 Å². The van der Waals surface area contributed by atoms with Gasteiger partial charge in [-0.05, 0) is 32.3 Å². The van der Waals surface area contributed by atoms with Crippen molar-refractivity contribution in [1.29, 1.82) is 0 Å². The second kappa shape index (κ2) is 6.96. The highest BCUT2D eigenvalue weighted by Gasteiger charge is 2.21. The molecule has 0 saturated carbocycles. The van der Waals surface area contributed by atoms with E-state index in [0.717, 1.165) is 30.8 Å². The monoisotopic (exact) mass is 313 g/mol. The summed E-state index contributed by atoms with van der Waals surface area (Å²) < 4.78 is 7.44. The fourth-order valence-corrected chi connectivity index (χ4v) is 3.04. The van der Waals surface area contributed by atoms with Crippen LogP contribution in [0.15, 0.2) is 30.3 Å². The lowest BCUT2D eigenvalue weighted by Crippen LogP contribution is -2.32. The summed E-state index contributed by atoms with van der Waals surface area (Å²) in [6.07, 6.45) is 2.25. The molecule has 1 N–H and O–H groups in total. The van der Waals surface area contributed by atoms with Crippen LogP contribution in [0.5, 0.6) is 0 Å². The number of benzene rings is 1. The third kappa shape index (κ3) is 3.62. The molecular formula is C18H23N3O2. The van der Waals surface area contributed by atoms with Gasteiger partial charge in [0.15, 0.2) is 0 Å². The Morgan fingerprint density at radius 2 is 2.13 bits per heavy atom. The molecule has 2 heterocycles. The number of hydrogen-bond donors (Lipinski definition) is 1. The van der Waals surface area contributed by atoms with E-state index in [9.17, 15) is 4.79 Å². The van der Waals surface area contributed by atoms with Crippen molar-refractivity contribution in [3.05, 3.63) is 52.8 Å². The Morgan fingerprint density at radius 3 is 2.83 bits per heavy atom. The van der Waals surface area contributed by atoms with Crippen LogP contribution in [-0.4, -0.2) is 34.9 Å². The van der Waals surface area contributed by atoms with Crippen LogP contribution in [0.25, 0.3) is 0 Å². The lowest BCUT2D eigenvalue weighted by molar-refractivity contribution is 0.0856. The Kier molecular flexibility index (Phi) is 4.76. The van der Waals surface area contributed by atoms with E-state index >= 15 is 0 Å². The molecule has 1 aliphatic rings. The largest absolute Gasteiger partial charge is 0.376 e. The number of ether oxygens (including phenoxy) is 1. The number of aryl methyl sites for hydroxylation is 1. The molecule has 1 saturated heterocycles. The number of carbonyl (C=O) groups is 1. The average Bonchev–Trinajstić information content (AvgIpc) is 3.15. The summed E-state index contributed by atoms with van der Waals surface area (Å²) in [5.41, 5.74) is 3.52. The van der Waals surface area contributed by atoms with Crippen molar-refractivity contribution in [3.8, 4) is 0 Å². The van der Waals surface area contributed by atoms with Gasteiger partial charge in [-0.3, -0.25) is 9.48 Å². The van der Waals surface area contributed by atoms with Gasteiger partial charge in [-0.25, -0.2) is 0 Å². The minimum Gasteiger partial charge on any atom is -0.376 e. The first-order valence-corrected chi connectivity index (χ1v) is 8.13. The van der Waals surface area contributed by atoms with Crippen molar-refractivity contribution in [3.63, 3.8) is 0 Å². The van der Waals surface area contributed by atoms with Gasteiger partial charge < -0.3 is 10.1 Å². The van der Waals surface area contributed by atoms with E-state index in [0.29, 0.717) is 18.7 Å². The normalized spacial score (nSPS) is 17.4. The van der Waals surface area contributed by atoms with Crippen LogP contribution in [0.1, 0.15) is 40.2 Å². The molecule has 1 atom stereocenters. The first-order valence-electron chi connectivity index (χ1n) is 8.13. The van der Waals surface area contributed by atoms with Gasteiger partial charge in [-0.2, -0.15) is 5.10 Å². The molecule has 0 bridgehead atoms. The topological polar surface area (TPSA) is 56.2 Å². The zero-order valence-electron chi connectivity index (χ0n) is 13.7. The fraction of sp³-hybridized carbons (Fsp3) is 0.444. The van der Waals surface area contributed by atoms with Gasteiger partial charge in [-0.15, -0.1) is 0 Å². The van der Waals surface area contributed by atoms with Crippen molar-refractivity contribution in [2.24, 2.45) is 0 Å². The molecule has 122 valence electrons. The zero-order chi connectivity index (χ0) is 16.2. The van der Waals surface area contributed by atoms with E-state index in [-0.39, 0.29) is 12.0 Å². The second-order valence-corrected chi connectivity index (χ2v) is 6.03. The van der Waals surface area contributed by atoms with E-state index in [2.05, 4.69) is 22.5 Å². The second-order valence-electron chi connectivity index (χ2n) is 6.03. The zero-order valence-corrected chi connectivity index (χ0v) is 13.7. The highest BCUT2D eigenvalue weighted by molar-refractivity contribution is 5.96. The lowest BCUT2D eigenvalue weighted by Gasteiger charge is -2.11. The molecule has 23 heavy (non-hydrogen) atoms. The molecule has 5 heteroatoms. The Morgan fingerprint density at radius 1 is 1.35 bits per heavy atom. The number of amides is 1. The third-order valence-corrected chi connectivity index (χ3v) is 4.30. The summed E-state index contributed by atoms with van der Waals surface area (Å²) in [5.74, 6) is -0.0604. The summed E-state index contributed by atoms with van der Waals surface area (Å²) in [6.45, 7) is 5.88. The van der Waals surface area contributed by atoms with E-state index in [1.54, 1.807) is 0 Å². The number of nitrogens with zero attached hydrogens (tertiary/aromatic N) is 2. The van der Waals surface area contributed by atoms with Gasteiger partial charge in [-0.1, -0.05) is 30.3 Å². The molecule has 2 aromatic rings. The Labute approximate surface area is 136 Å². The first-order chi connectivity index (χ1) is 11.1. The molecule has 1 aromatic heterocycles. The summed E-state index contributed by atoms with van der Waals surface area (Å²) in [7, 11) is 0. The smallest absolute Gasteiger partial charge is 0.255 e. The van der Waals surface area contributed by atoms with E-state index in [4.69, 9.17) is 4.74 Å². The molecule has 0 spiro atoms. The van der Waals surface area contributed by atoms with Gasteiger partial charge >= 0.3 is 0 Å². The standard InChI is InChI=1S/C18H23N3O2/c1-13-17(18(22)19-11-16-9-6-10-23-16)14(2)21(20-13)12-15-7-4-3-5-8-15/h3-5,7-8,16H,6,9-12H2,1-2H3,(H,19,22)/t16-/m1/s1. The molecule has 0 aliphatic carbocycles. The van der Waals surface area contributed by atoms with Crippen LogP contribution in [-0.2, 0) is 11.3 Å². The quantitative estimate of drug-likeness (QED) is 0.922. The first kappa shape index (κ1) is 15.7. The molecule has 0 radical (unpaired) electrons. The molecule has 1 amide bonds. The van der Waals surface area contributed by atoms with Crippen molar-refractivity contribution in [2.75, 3.05) is 13.2 Å². The number of nitrogens with one attached hydrogen (secondary N) is 1. The van der Waals surface area contributed by atoms with E-state index < -0.39 is 0 Å². The van der Waals surface area contributed by atoms with Crippen LogP contribution in [0.4, 0.5) is 0 Å². The highest BCUT2D eigenvalue weighted by Crippen LogP contribution is 2.16. The van der Waals surface area contributed by atoms with Crippen LogP contribution in [0.2, 0.25) is 0 Å². The SMILES string of the molecule is Cc1nn(Cc2ccccc2)c(C)c1C(=O)NC[C@H]1CCCO1. The number of aromatic nitrogens is 2. The molecular weight excluding hydrogens is 290 g/mol. The van der Waals surface area contributed by atoms with Gasteiger partial charge in [0.1, 0.15) is 0 Å². The molecule has 1 aromatic carbocycles. The maximum atomic E-state index is 12.5. The number of rotatable bonds is 5. The highest BCUT2D eigenvalue weighted by atomic mass is 16.5. The van der Waals surface area contributed by atoms with Crippen LogP contribution in [0.3, 0.4) is 0 Å². The van der Waals surface area contributed by atoms with E-state index in [1.807, 2.05) is 36.7 Å². The maximum Gasteiger partial charge on any atom is 0.255 e. The predicted octanol–water partition coefficient (Wildman–Crippen LogP) is 2.46. The lowest BCUT2D eigenvalue weighted by atomic mass is 10.1. The maximum absolute atomic E-state index is 12.5. The van der Waals surface area contributed by atoms with Gasteiger partial charge in [0.25, 0.3) is 5.91 Å². The fourth-order valence-electron chi connectivity index (χ4n) is 3.04. The summed E-state index contributed by atoms with van der Waals surface area (Å²) in [6, 6.07) is 10.1. The van der Waals surface area contributed by atoms with Crippen molar-refractivity contribution in [2.45, 2.75) is 39.3 Å². The Hall–Kier alpha value is -2.14. The Bertz CT molecular complexity index is 673. The molecule has 5 nitrogen and oxygen atoms in total. The summed E-state index contributed by atoms with van der Waals surface area (Å²) in [5, 5.41) is 7.51. The van der Waals surface area contributed by atoms with Crippen LogP contribution >= 0.6 is 0 Å². The molecule has 1 fully saturated rings. The Balaban J connectivity index is 1.70. The van der Waals surface area contributed by atoms with Crippen LogP contribution in [0, 0.1) is 13.8 Å². The molecule has 3 rings (SSSR count). The summed E-state index contributed by atoms with van der Waals surface area (Å²) in [4.78, 5) is 12.5. The number of hydrogen-bond acceptors (Lipinski definition) is 3. The van der Waals surface area contributed by atoms with E-state index in [1.165, 1.54) is 5.56 Å². The minimum absolute atomic E-state index is 0.0604. The van der Waals surface area contributed by atoms with Gasteiger partial charge in [0.05, 0.1) is 23.9 Å². The van der Waals surface area contributed by atoms with Crippen molar-refractivity contribution in [1.82, 2.24) is 15.1 Å². The van der Waals surface area contributed by atoms with Crippen molar-refractivity contribution >= 4 is 5.91 Å². The van der Waals surface area contributed by atoms with Gasteiger partial charge in [0, 0.05) is 18.8 Å². The predicted molar refractivity (Wildman–Crippen MR) is 88.6 cm³/mol. The average molecular weight is 313 g/mol. The third-order valence-electron chi connectivity index (χ3n) is 4.30. The van der Waals surface area contributed by atoms with Gasteiger partial charge in [0.2, 0.25) is 0 Å². The number of carbonyl (C=O) groups excluding carboxylic acids is 1.